The molecule has 0 bridgehead atoms. The van der Waals surface area contributed by atoms with Gasteiger partial charge in [-0.25, -0.2) is 4.79 Å². The summed E-state index contributed by atoms with van der Waals surface area (Å²) in [6.07, 6.45) is 4.99. The smallest absolute Gasteiger partial charge is 0.410 e. The van der Waals surface area contributed by atoms with Crippen LogP contribution in [0.25, 0.3) is 11.1 Å². The number of fused-ring (bicyclic) bond motifs is 1. The minimum atomic E-state index is -0.454. The van der Waals surface area contributed by atoms with Gasteiger partial charge in [0.05, 0.1) is 11.9 Å². The van der Waals surface area contributed by atoms with Crippen molar-refractivity contribution in [2.24, 2.45) is 0 Å². The zero-order valence-electron chi connectivity index (χ0n) is 21.2. The monoisotopic (exact) mass is 477 g/mol. The van der Waals surface area contributed by atoms with E-state index in [1.54, 1.807) is 9.80 Å². The summed E-state index contributed by atoms with van der Waals surface area (Å²) in [5.74, 6) is 0.174. The van der Waals surface area contributed by atoms with Gasteiger partial charge in [-0.1, -0.05) is 6.07 Å². The first kappa shape index (κ1) is 23.6. The summed E-state index contributed by atoms with van der Waals surface area (Å²) in [4.78, 5) is 37.2. The molecule has 0 aliphatic carbocycles. The largest absolute Gasteiger partial charge is 0.444 e. The molecule has 5 rings (SSSR count). The molecule has 0 radical (unpaired) electrons. The van der Waals surface area contributed by atoms with Crippen LogP contribution in [0.15, 0.2) is 36.7 Å². The lowest BCUT2D eigenvalue weighted by Gasteiger charge is -2.48. The molecule has 0 unspecified atom stereocenters. The minimum Gasteiger partial charge on any atom is -0.444 e. The highest BCUT2D eigenvalue weighted by Gasteiger charge is 2.38. The summed E-state index contributed by atoms with van der Waals surface area (Å²) in [6, 6.07) is 8.96. The van der Waals surface area contributed by atoms with Crippen molar-refractivity contribution in [3.8, 4) is 11.1 Å². The molecule has 35 heavy (non-hydrogen) atoms. The molecule has 0 atom stereocenters. The summed E-state index contributed by atoms with van der Waals surface area (Å²) >= 11 is 0. The highest BCUT2D eigenvalue weighted by Crippen LogP contribution is 2.32. The first-order chi connectivity index (χ1) is 16.7. The molecule has 0 spiro atoms. The lowest BCUT2D eigenvalue weighted by atomic mass is 9.96. The van der Waals surface area contributed by atoms with Crippen molar-refractivity contribution < 1.29 is 14.3 Å². The van der Waals surface area contributed by atoms with Crippen molar-refractivity contribution in [2.75, 3.05) is 56.1 Å². The van der Waals surface area contributed by atoms with Crippen LogP contribution in [-0.4, -0.2) is 84.7 Å². The van der Waals surface area contributed by atoms with Gasteiger partial charge >= 0.3 is 6.09 Å². The number of carbonyl (C=O) groups excluding carboxylic acids is 2. The molecule has 3 aliphatic heterocycles. The van der Waals surface area contributed by atoms with Gasteiger partial charge in [0.2, 0.25) is 5.91 Å². The highest BCUT2D eigenvalue weighted by atomic mass is 16.6. The average molecular weight is 478 g/mol. The van der Waals surface area contributed by atoms with Gasteiger partial charge in [0.15, 0.2) is 0 Å². The van der Waals surface area contributed by atoms with Crippen molar-refractivity contribution in [1.82, 2.24) is 14.8 Å². The number of aryl methyl sites for hydroxylation is 1. The average Bonchev–Trinajstić information content (AvgIpc) is 2.80. The first-order valence-corrected chi connectivity index (χ1v) is 12.5. The molecule has 1 aromatic heterocycles. The third kappa shape index (κ3) is 4.98. The van der Waals surface area contributed by atoms with E-state index in [1.807, 2.05) is 46.3 Å². The van der Waals surface area contributed by atoms with Crippen molar-refractivity contribution >= 4 is 23.4 Å². The lowest BCUT2D eigenvalue weighted by molar-refractivity contribution is -0.118. The van der Waals surface area contributed by atoms with Crippen LogP contribution in [0, 0.1) is 0 Å². The summed E-state index contributed by atoms with van der Waals surface area (Å²) in [5, 5.41) is 0. The van der Waals surface area contributed by atoms with Gasteiger partial charge in [-0.3, -0.25) is 14.7 Å². The number of amides is 2. The summed E-state index contributed by atoms with van der Waals surface area (Å²) in [6.45, 7) is 11.0. The number of benzene rings is 1. The number of nitrogens with zero attached hydrogens (tertiary/aromatic N) is 5. The fourth-order valence-corrected chi connectivity index (χ4v) is 5.10. The second-order valence-electron chi connectivity index (χ2n) is 10.8. The molecule has 0 saturated carbocycles. The van der Waals surface area contributed by atoms with Gasteiger partial charge in [0.1, 0.15) is 5.60 Å². The van der Waals surface area contributed by atoms with Gasteiger partial charge in [0.25, 0.3) is 0 Å². The number of anilines is 2. The number of likely N-dealkylation sites (tertiary alicyclic amines) is 1. The Morgan fingerprint density at radius 1 is 1.00 bits per heavy atom. The number of ether oxygens (including phenoxy) is 1. The normalized spacial score (nSPS) is 19.4. The Kier molecular flexibility index (Phi) is 6.17. The van der Waals surface area contributed by atoms with E-state index in [0.29, 0.717) is 12.5 Å². The van der Waals surface area contributed by atoms with Gasteiger partial charge in [-0.15, -0.1) is 0 Å². The molecule has 8 nitrogen and oxygen atoms in total. The number of aromatic nitrogens is 1. The molecule has 8 heteroatoms. The molecule has 3 aliphatic rings. The SMILES string of the molecule is CN1C(=O)CCc2cc(-c3cncc(N4CCN(C5CN(C(=O)OC(C)(C)C)C5)CC4)c3)ccc21. The van der Waals surface area contributed by atoms with Crippen molar-refractivity contribution in [3.05, 3.63) is 42.2 Å². The molecule has 2 saturated heterocycles. The maximum atomic E-state index is 12.2. The zero-order chi connectivity index (χ0) is 24.7. The second-order valence-corrected chi connectivity index (χ2v) is 10.8. The molecule has 1 aromatic carbocycles. The molecule has 186 valence electrons. The standard InChI is InChI=1S/C27H35N5O3/c1-27(2,3)35-26(34)32-17-23(18-32)31-11-9-30(10-12-31)22-14-21(15-28-16-22)19-5-7-24-20(13-19)6-8-25(33)29(24)4/h5,7,13-16,23H,6,8-12,17-18H2,1-4H3. The number of hydrogen-bond acceptors (Lipinski definition) is 6. The van der Waals surface area contributed by atoms with Crippen molar-refractivity contribution in [1.29, 1.82) is 0 Å². The Morgan fingerprint density at radius 2 is 1.74 bits per heavy atom. The van der Waals surface area contributed by atoms with Gasteiger partial charge in [-0.05, 0) is 56.5 Å². The maximum Gasteiger partial charge on any atom is 0.410 e. The number of rotatable bonds is 3. The zero-order valence-corrected chi connectivity index (χ0v) is 21.2. The first-order valence-electron chi connectivity index (χ1n) is 12.5. The predicted molar refractivity (Wildman–Crippen MR) is 137 cm³/mol. The predicted octanol–water partition coefficient (Wildman–Crippen LogP) is 3.40. The molecular weight excluding hydrogens is 442 g/mol. The summed E-state index contributed by atoms with van der Waals surface area (Å²) in [5.41, 5.74) is 5.13. The highest BCUT2D eigenvalue weighted by molar-refractivity contribution is 5.96. The molecule has 0 N–H and O–H groups in total. The van der Waals surface area contributed by atoms with Gasteiger partial charge in [-0.2, -0.15) is 0 Å². The van der Waals surface area contributed by atoms with Crippen LogP contribution < -0.4 is 9.80 Å². The van der Waals surface area contributed by atoms with Gasteiger partial charge in [0, 0.05) is 76.2 Å². The number of piperazine rings is 1. The number of pyridine rings is 1. The van der Waals surface area contributed by atoms with E-state index >= 15 is 0 Å². The molecule has 2 amide bonds. The Labute approximate surface area is 207 Å². The van der Waals surface area contributed by atoms with E-state index < -0.39 is 5.60 Å². The summed E-state index contributed by atoms with van der Waals surface area (Å²) in [7, 11) is 1.85. The third-order valence-corrected chi connectivity index (χ3v) is 7.19. The van der Waals surface area contributed by atoms with Crippen LogP contribution in [0.4, 0.5) is 16.2 Å². The van der Waals surface area contributed by atoms with E-state index in [0.717, 1.165) is 68.2 Å². The fourth-order valence-electron chi connectivity index (χ4n) is 5.10. The van der Waals surface area contributed by atoms with E-state index in [4.69, 9.17) is 4.74 Å². The van der Waals surface area contributed by atoms with Crippen LogP contribution in [0.2, 0.25) is 0 Å². The Hall–Kier alpha value is -3.13. The number of hydrogen-bond donors (Lipinski definition) is 0. The maximum absolute atomic E-state index is 12.2. The van der Waals surface area contributed by atoms with Crippen molar-refractivity contribution in [2.45, 2.75) is 45.3 Å². The van der Waals surface area contributed by atoms with Crippen molar-refractivity contribution in [3.63, 3.8) is 0 Å². The Bertz CT molecular complexity index is 1110. The fraction of sp³-hybridized carbons (Fsp3) is 0.519. The Morgan fingerprint density at radius 3 is 2.46 bits per heavy atom. The van der Waals surface area contributed by atoms with E-state index in [-0.39, 0.29) is 12.0 Å². The number of carbonyl (C=O) groups is 2. The van der Waals surface area contributed by atoms with Crippen LogP contribution in [-0.2, 0) is 16.0 Å². The molecule has 4 heterocycles. The quantitative estimate of drug-likeness (QED) is 0.675. The van der Waals surface area contributed by atoms with E-state index in [1.165, 1.54) is 5.56 Å². The van der Waals surface area contributed by atoms with Crippen LogP contribution in [0.3, 0.4) is 0 Å². The summed E-state index contributed by atoms with van der Waals surface area (Å²) < 4.78 is 5.48. The second kappa shape index (κ2) is 9.15. The topological polar surface area (TPSA) is 69.2 Å². The third-order valence-electron chi connectivity index (χ3n) is 7.19. The van der Waals surface area contributed by atoms with E-state index in [9.17, 15) is 9.59 Å². The lowest BCUT2D eigenvalue weighted by Crippen LogP contribution is -2.64. The molecule has 2 aromatic rings. The van der Waals surface area contributed by atoms with Gasteiger partial charge < -0.3 is 19.4 Å². The minimum absolute atomic E-state index is 0.174. The van der Waals surface area contributed by atoms with E-state index in [2.05, 4.69) is 33.0 Å². The Balaban J connectivity index is 1.18. The molecular formula is C27H35N5O3. The van der Waals surface area contributed by atoms with Crippen LogP contribution in [0.1, 0.15) is 32.8 Å². The van der Waals surface area contributed by atoms with Crippen LogP contribution in [0.5, 0.6) is 0 Å². The molecule has 2 fully saturated rings. The van der Waals surface area contributed by atoms with Crippen LogP contribution >= 0.6 is 0 Å².